The second kappa shape index (κ2) is 5.89. The number of hydrogen-bond donors (Lipinski definition) is 0. The quantitative estimate of drug-likeness (QED) is 0.676. The van der Waals surface area contributed by atoms with Gasteiger partial charge in [-0.05, 0) is 18.1 Å². The maximum atomic E-state index is 5.25. The van der Waals surface area contributed by atoms with Crippen molar-refractivity contribution in [2.24, 2.45) is 13.0 Å². The lowest BCUT2D eigenvalue weighted by molar-refractivity contribution is 0.360. The van der Waals surface area contributed by atoms with Crippen molar-refractivity contribution in [3.8, 4) is 0 Å². The average molecular weight is 302 g/mol. The van der Waals surface area contributed by atoms with E-state index in [1.54, 1.807) is 11.8 Å². The largest absolute Gasteiger partial charge is 0.339 e. The molecule has 0 saturated heterocycles. The number of rotatable bonds is 5. The molecule has 0 amide bonds. The summed E-state index contributed by atoms with van der Waals surface area (Å²) in [7, 11) is 2.03. The van der Waals surface area contributed by atoms with E-state index in [0.29, 0.717) is 17.6 Å². The molecule has 3 aromatic rings. The van der Waals surface area contributed by atoms with E-state index in [0.717, 1.165) is 28.4 Å². The predicted molar refractivity (Wildman–Crippen MR) is 83.1 cm³/mol. The normalized spacial score (nSPS) is 11.6. The van der Waals surface area contributed by atoms with Crippen LogP contribution in [0.3, 0.4) is 0 Å². The molecule has 0 aliphatic carbocycles. The number of para-hydroxylation sites is 2. The minimum absolute atomic E-state index is 0.519. The molecule has 5 nitrogen and oxygen atoms in total. The Labute approximate surface area is 127 Å². The van der Waals surface area contributed by atoms with E-state index in [9.17, 15) is 0 Å². The van der Waals surface area contributed by atoms with Crippen LogP contribution in [0.1, 0.15) is 25.6 Å². The Morgan fingerprint density at radius 2 is 2.05 bits per heavy atom. The van der Waals surface area contributed by atoms with E-state index in [1.165, 1.54) is 0 Å². The van der Waals surface area contributed by atoms with Crippen LogP contribution in [0.2, 0.25) is 0 Å². The molecule has 0 aliphatic heterocycles. The van der Waals surface area contributed by atoms with E-state index in [2.05, 4.69) is 39.6 Å². The summed E-state index contributed by atoms with van der Waals surface area (Å²) >= 11 is 1.62. The fourth-order valence-corrected chi connectivity index (χ4v) is 2.99. The van der Waals surface area contributed by atoms with Gasteiger partial charge in [-0.25, -0.2) is 4.98 Å². The first-order chi connectivity index (χ1) is 10.1. The fraction of sp³-hybridized carbons (Fsp3) is 0.400. The molecule has 0 aliphatic rings. The number of fused-ring (bicyclic) bond motifs is 1. The van der Waals surface area contributed by atoms with Gasteiger partial charge in [0.05, 0.1) is 16.8 Å². The smallest absolute Gasteiger partial charge is 0.226 e. The molecule has 3 rings (SSSR count). The van der Waals surface area contributed by atoms with Crippen LogP contribution >= 0.6 is 11.8 Å². The van der Waals surface area contributed by atoms with Crippen LogP contribution in [0.25, 0.3) is 11.0 Å². The molecule has 0 bridgehead atoms. The van der Waals surface area contributed by atoms with Gasteiger partial charge in [-0.3, -0.25) is 0 Å². The standard InChI is InChI=1S/C15H18N4OS/c1-10(2)8-14-17-13(18-20-14)9-21-15-16-11-6-4-5-7-12(11)19(15)3/h4-7,10H,8-9H2,1-3H3. The molecule has 2 heterocycles. The molecule has 0 spiro atoms. The van der Waals surface area contributed by atoms with Gasteiger partial charge in [-0.1, -0.05) is 42.9 Å². The first kappa shape index (κ1) is 14.1. The Morgan fingerprint density at radius 1 is 1.24 bits per heavy atom. The summed E-state index contributed by atoms with van der Waals surface area (Å²) in [4.78, 5) is 9.04. The molecule has 0 N–H and O–H groups in total. The predicted octanol–water partition coefficient (Wildman–Crippen LogP) is 3.45. The molecule has 0 atom stereocenters. The van der Waals surface area contributed by atoms with Crippen molar-refractivity contribution in [3.05, 3.63) is 36.0 Å². The lowest BCUT2D eigenvalue weighted by Crippen LogP contribution is -1.95. The molecule has 0 fully saturated rings. The second-order valence-corrected chi connectivity index (χ2v) is 6.38. The van der Waals surface area contributed by atoms with Gasteiger partial charge in [0.2, 0.25) is 5.89 Å². The van der Waals surface area contributed by atoms with Gasteiger partial charge in [0, 0.05) is 13.5 Å². The zero-order valence-electron chi connectivity index (χ0n) is 12.4. The van der Waals surface area contributed by atoms with Crippen molar-refractivity contribution in [1.29, 1.82) is 0 Å². The molecule has 2 aromatic heterocycles. The lowest BCUT2D eigenvalue weighted by atomic mass is 10.1. The maximum Gasteiger partial charge on any atom is 0.226 e. The minimum Gasteiger partial charge on any atom is -0.339 e. The van der Waals surface area contributed by atoms with Gasteiger partial charge in [0.25, 0.3) is 0 Å². The van der Waals surface area contributed by atoms with Crippen molar-refractivity contribution in [2.75, 3.05) is 0 Å². The maximum absolute atomic E-state index is 5.25. The van der Waals surface area contributed by atoms with Crippen molar-refractivity contribution in [2.45, 2.75) is 31.2 Å². The van der Waals surface area contributed by atoms with E-state index >= 15 is 0 Å². The Morgan fingerprint density at radius 3 is 2.81 bits per heavy atom. The van der Waals surface area contributed by atoms with Crippen molar-refractivity contribution < 1.29 is 4.52 Å². The molecule has 21 heavy (non-hydrogen) atoms. The number of aryl methyl sites for hydroxylation is 1. The molecular formula is C15H18N4OS. The van der Waals surface area contributed by atoms with Gasteiger partial charge in [0.1, 0.15) is 0 Å². The van der Waals surface area contributed by atoms with Crippen LogP contribution in [-0.2, 0) is 19.2 Å². The molecule has 110 valence electrons. The van der Waals surface area contributed by atoms with Gasteiger partial charge in [-0.2, -0.15) is 4.98 Å². The highest BCUT2D eigenvalue weighted by molar-refractivity contribution is 7.98. The zero-order valence-corrected chi connectivity index (χ0v) is 13.2. The summed E-state index contributed by atoms with van der Waals surface area (Å²) in [5, 5.41) is 4.99. The van der Waals surface area contributed by atoms with Crippen LogP contribution in [0.5, 0.6) is 0 Å². The number of nitrogens with zero attached hydrogens (tertiary/aromatic N) is 4. The number of hydrogen-bond acceptors (Lipinski definition) is 5. The third-order valence-corrected chi connectivity index (χ3v) is 4.20. The van der Waals surface area contributed by atoms with Crippen LogP contribution in [0.4, 0.5) is 0 Å². The van der Waals surface area contributed by atoms with Crippen molar-refractivity contribution in [1.82, 2.24) is 19.7 Å². The summed E-state index contributed by atoms with van der Waals surface area (Å²) in [5.41, 5.74) is 2.14. The van der Waals surface area contributed by atoms with Crippen molar-refractivity contribution in [3.63, 3.8) is 0 Å². The summed E-state index contributed by atoms with van der Waals surface area (Å²) in [6.45, 7) is 4.27. The molecular weight excluding hydrogens is 284 g/mol. The third-order valence-electron chi connectivity index (χ3n) is 3.17. The van der Waals surface area contributed by atoms with Crippen molar-refractivity contribution >= 4 is 22.8 Å². The number of imidazole rings is 1. The Bertz CT molecular complexity index is 747. The van der Waals surface area contributed by atoms with E-state index < -0.39 is 0 Å². The van der Waals surface area contributed by atoms with Crippen LogP contribution in [0, 0.1) is 5.92 Å². The minimum atomic E-state index is 0.519. The average Bonchev–Trinajstić information content (AvgIpc) is 3.02. The first-order valence-corrected chi connectivity index (χ1v) is 7.97. The van der Waals surface area contributed by atoms with Gasteiger partial charge in [-0.15, -0.1) is 0 Å². The second-order valence-electron chi connectivity index (χ2n) is 5.43. The Hall–Kier alpha value is -1.82. The van der Waals surface area contributed by atoms with Gasteiger partial charge >= 0.3 is 0 Å². The van der Waals surface area contributed by atoms with E-state index in [1.807, 2.05) is 25.2 Å². The highest BCUT2D eigenvalue weighted by Crippen LogP contribution is 2.24. The van der Waals surface area contributed by atoms with E-state index in [4.69, 9.17) is 4.52 Å². The van der Waals surface area contributed by atoms with E-state index in [-0.39, 0.29) is 0 Å². The SMILES string of the molecule is CC(C)Cc1nc(CSc2nc3ccccc3n2C)no1. The van der Waals surface area contributed by atoms with Crippen LogP contribution in [0.15, 0.2) is 33.9 Å². The molecule has 1 aromatic carbocycles. The summed E-state index contributed by atoms with van der Waals surface area (Å²) < 4.78 is 7.34. The molecule has 0 saturated carbocycles. The lowest BCUT2D eigenvalue weighted by Gasteiger charge is -1.99. The topological polar surface area (TPSA) is 56.7 Å². The summed E-state index contributed by atoms with van der Waals surface area (Å²) in [6, 6.07) is 8.12. The first-order valence-electron chi connectivity index (χ1n) is 6.99. The monoisotopic (exact) mass is 302 g/mol. The number of thioether (sulfide) groups is 1. The summed E-state index contributed by atoms with van der Waals surface area (Å²) in [5.74, 6) is 2.62. The number of benzene rings is 1. The Balaban J connectivity index is 1.71. The molecule has 0 unspecified atom stereocenters. The van der Waals surface area contributed by atoms with Crippen LogP contribution in [-0.4, -0.2) is 19.7 Å². The van der Waals surface area contributed by atoms with Gasteiger partial charge < -0.3 is 9.09 Å². The fourth-order valence-electron chi connectivity index (χ4n) is 2.16. The van der Waals surface area contributed by atoms with Crippen LogP contribution < -0.4 is 0 Å². The zero-order chi connectivity index (χ0) is 14.8. The summed E-state index contributed by atoms with van der Waals surface area (Å²) in [6.07, 6.45) is 0.823. The highest BCUT2D eigenvalue weighted by atomic mass is 32.2. The van der Waals surface area contributed by atoms with Gasteiger partial charge in [0.15, 0.2) is 11.0 Å². The highest BCUT2D eigenvalue weighted by Gasteiger charge is 2.11. The number of aromatic nitrogens is 4. The molecule has 6 heteroatoms. The Kier molecular flexibility index (Phi) is 3.96. The molecule has 0 radical (unpaired) electrons. The third kappa shape index (κ3) is 3.10.